The second-order valence-corrected chi connectivity index (χ2v) is 14.8. The zero-order valence-corrected chi connectivity index (χ0v) is 34.7. The fraction of sp³-hybridized carbons (Fsp3) is 0.164. The lowest BCUT2D eigenvalue weighted by Gasteiger charge is -2.35. The van der Waals surface area contributed by atoms with Crippen LogP contribution in [0.2, 0.25) is 0 Å². The summed E-state index contributed by atoms with van der Waals surface area (Å²) in [6.45, 7) is 8.73. The Bertz CT molecular complexity index is 2250. The molecular formula is C55H57N3. The lowest BCUT2D eigenvalue weighted by Crippen LogP contribution is -2.31. The first-order valence-corrected chi connectivity index (χ1v) is 20.5. The molecule has 292 valence electrons. The van der Waals surface area contributed by atoms with Crippen molar-refractivity contribution in [3.8, 4) is 0 Å². The van der Waals surface area contributed by atoms with Crippen LogP contribution in [0.5, 0.6) is 0 Å². The molecule has 0 spiro atoms. The molecule has 0 saturated carbocycles. The fourth-order valence-electron chi connectivity index (χ4n) is 7.04. The summed E-state index contributed by atoms with van der Waals surface area (Å²) in [5, 5.41) is 0. The van der Waals surface area contributed by atoms with Gasteiger partial charge in [0.1, 0.15) is 0 Å². The van der Waals surface area contributed by atoms with Crippen molar-refractivity contribution in [3.63, 3.8) is 0 Å². The van der Waals surface area contributed by atoms with E-state index in [9.17, 15) is 0 Å². The Morgan fingerprint density at radius 2 is 0.966 bits per heavy atom. The van der Waals surface area contributed by atoms with Crippen LogP contribution in [-0.2, 0) is 0 Å². The number of hydrogen-bond donors (Lipinski definition) is 0. The Kier molecular flexibility index (Phi) is 14.9. The van der Waals surface area contributed by atoms with Crippen LogP contribution >= 0.6 is 0 Å². The topological polar surface area (TPSA) is 9.72 Å². The third-order valence-electron chi connectivity index (χ3n) is 10.5. The van der Waals surface area contributed by atoms with Crippen LogP contribution in [0.1, 0.15) is 49.3 Å². The maximum absolute atomic E-state index is 2.42. The molecule has 7 aromatic carbocycles. The Hall–Kier alpha value is -6.58. The van der Waals surface area contributed by atoms with Crippen LogP contribution in [0.3, 0.4) is 0 Å². The highest BCUT2D eigenvalue weighted by molar-refractivity contribution is 5.72. The van der Waals surface area contributed by atoms with Crippen molar-refractivity contribution in [2.45, 2.75) is 52.5 Å². The van der Waals surface area contributed by atoms with E-state index in [0.717, 1.165) is 6.42 Å². The number of anilines is 6. The number of benzene rings is 7. The van der Waals surface area contributed by atoms with E-state index in [1.807, 2.05) is 6.07 Å². The Morgan fingerprint density at radius 3 is 1.45 bits per heavy atom. The average molecular weight is 760 g/mol. The summed E-state index contributed by atoms with van der Waals surface area (Å²) < 4.78 is 0. The number of hydrogen-bond acceptors (Lipinski definition) is 3. The van der Waals surface area contributed by atoms with Crippen LogP contribution in [0.4, 0.5) is 34.1 Å². The van der Waals surface area contributed by atoms with Crippen molar-refractivity contribution < 1.29 is 0 Å². The zero-order chi connectivity index (χ0) is 40.5. The van der Waals surface area contributed by atoms with E-state index in [0.29, 0.717) is 5.92 Å². The lowest BCUT2D eigenvalue weighted by atomic mass is 9.99. The SMILES string of the molecule is CCC(C)c1ccccc1.Cc1ccc(N(C)c2ccccc2)cc1.Cc1cccc(N(C2=CCC(N(c3ccccc3)c3ccccc3)C=C2)c2ccccc2)c1. The van der Waals surface area contributed by atoms with E-state index < -0.39 is 0 Å². The first-order valence-electron chi connectivity index (χ1n) is 20.5. The molecule has 8 rings (SSSR count). The van der Waals surface area contributed by atoms with Crippen LogP contribution in [0.25, 0.3) is 0 Å². The molecule has 0 N–H and O–H groups in total. The second-order valence-electron chi connectivity index (χ2n) is 14.8. The highest BCUT2D eigenvalue weighted by atomic mass is 15.2. The summed E-state index contributed by atoms with van der Waals surface area (Å²) in [6.07, 6.45) is 9.11. The number of aryl methyl sites for hydroxylation is 2. The van der Waals surface area contributed by atoms with Crippen molar-refractivity contribution in [1.82, 2.24) is 0 Å². The zero-order valence-electron chi connectivity index (χ0n) is 34.7. The predicted octanol–water partition coefficient (Wildman–Crippen LogP) is 15.1. The van der Waals surface area contributed by atoms with Gasteiger partial charge in [0.2, 0.25) is 0 Å². The van der Waals surface area contributed by atoms with Gasteiger partial charge in [-0.3, -0.25) is 0 Å². The number of para-hydroxylation sites is 4. The molecule has 0 radical (unpaired) electrons. The van der Waals surface area contributed by atoms with Crippen LogP contribution in [-0.4, -0.2) is 13.1 Å². The Labute approximate surface area is 347 Å². The van der Waals surface area contributed by atoms with Gasteiger partial charge in [-0.2, -0.15) is 0 Å². The van der Waals surface area contributed by atoms with Gasteiger partial charge in [-0.15, -0.1) is 0 Å². The molecule has 1 aliphatic rings. The molecule has 7 aromatic rings. The minimum atomic E-state index is 0.244. The van der Waals surface area contributed by atoms with Gasteiger partial charge < -0.3 is 14.7 Å². The summed E-state index contributed by atoms with van der Waals surface area (Å²) in [5.41, 5.74) is 12.4. The largest absolute Gasteiger partial charge is 0.345 e. The first-order chi connectivity index (χ1) is 28.4. The van der Waals surface area contributed by atoms with Gasteiger partial charge in [0.25, 0.3) is 0 Å². The van der Waals surface area contributed by atoms with E-state index in [1.165, 1.54) is 62.9 Å². The van der Waals surface area contributed by atoms with Crippen LogP contribution in [0.15, 0.2) is 224 Å². The molecule has 0 bridgehead atoms. The van der Waals surface area contributed by atoms with Crippen LogP contribution in [0, 0.1) is 13.8 Å². The van der Waals surface area contributed by atoms with Gasteiger partial charge in [0.15, 0.2) is 0 Å². The van der Waals surface area contributed by atoms with E-state index in [-0.39, 0.29) is 6.04 Å². The van der Waals surface area contributed by atoms with Gasteiger partial charge in [-0.05, 0) is 123 Å². The fourth-order valence-corrected chi connectivity index (χ4v) is 7.04. The van der Waals surface area contributed by atoms with Gasteiger partial charge in [0.05, 0.1) is 6.04 Å². The van der Waals surface area contributed by atoms with Gasteiger partial charge >= 0.3 is 0 Å². The molecule has 2 atom stereocenters. The minimum Gasteiger partial charge on any atom is -0.345 e. The Morgan fingerprint density at radius 1 is 0.500 bits per heavy atom. The predicted molar refractivity (Wildman–Crippen MR) is 251 cm³/mol. The molecule has 3 heteroatoms. The Balaban J connectivity index is 0.000000185. The second kappa shape index (κ2) is 21.1. The van der Waals surface area contributed by atoms with Crippen LogP contribution < -0.4 is 14.7 Å². The molecule has 0 heterocycles. The molecule has 1 aliphatic carbocycles. The quantitative estimate of drug-likeness (QED) is 0.137. The van der Waals surface area contributed by atoms with Crippen molar-refractivity contribution >= 4 is 34.1 Å². The van der Waals surface area contributed by atoms with Gasteiger partial charge in [0, 0.05) is 46.9 Å². The lowest BCUT2D eigenvalue weighted by molar-refractivity contribution is 0.733. The van der Waals surface area contributed by atoms with E-state index in [1.54, 1.807) is 0 Å². The summed E-state index contributed by atoms with van der Waals surface area (Å²) in [5.74, 6) is 0.709. The normalized spacial score (nSPS) is 13.4. The summed E-state index contributed by atoms with van der Waals surface area (Å²) in [7, 11) is 2.08. The van der Waals surface area contributed by atoms with Gasteiger partial charge in [-0.25, -0.2) is 0 Å². The number of nitrogens with zero attached hydrogens (tertiary/aromatic N) is 3. The highest BCUT2D eigenvalue weighted by Gasteiger charge is 2.22. The molecule has 0 aromatic heterocycles. The monoisotopic (exact) mass is 759 g/mol. The standard InChI is InChI=1S/C31H28N2.C14H15N.C10H14/c1-25-12-11-19-31(24-25)33(28-17-9-4-10-18-28)30-22-20-29(21-23-30)32(26-13-5-2-6-14-26)27-15-7-3-8-16-27;1-12-8-10-14(11-9-12)15(2)13-6-4-3-5-7-13;1-3-9(2)10-7-5-4-6-8-10/h2-20,22-24,29H,21H2,1H3;3-11H,1-2H3;4-9H,3H2,1-2H3. The van der Waals surface area contributed by atoms with E-state index in [2.05, 4.69) is 262 Å². The summed E-state index contributed by atoms with van der Waals surface area (Å²) in [4.78, 5) is 6.94. The molecule has 3 nitrogen and oxygen atoms in total. The van der Waals surface area contributed by atoms with Gasteiger partial charge in [-0.1, -0.05) is 159 Å². The van der Waals surface area contributed by atoms with Crippen molar-refractivity contribution in [2.75, 3.05) is 21.7 Å². The third-order valence-corrected chi connectivity index (χ3v) is 10.5. The minimum absolute atomic E-state index is 0.244. The van der Waals surface area contributed by atoms with Crippen molar-refractivity contribution in [1.29, 1.82) is 0 Å². The molecular weight excluding hydrogens is 703 g/mol. The smallest absolute Gasteiger partial charge is 0.0561 e. The maximum Gasteiger partial charge on any atom is 0.0561 e. The van der Waals surface area contributed by atoms with Crippen molar-refractivity contribution in [2.24, 2.45) is 0 Å². The first kappa shape index (κ1) is 41.1. The average Bonchev–Trinajstić information content (AvgIpc) is 3.29. The van der Waals surface area contributed by atoms with Crippen molar-refractivity contribution in [3.05, 3.63) is 241 Å². The van der Waals surface area contributed by atoms with E-state index in [4.69, 9.17) is 0 Å². The molecule has 58 heavy (non-hydrogen) atoms. The maximum atomic E-state index is 2.42. The molecule has 0 saturated heterocycles. The summed E-state index contributed by atoms with van der Waals surface area (Å²) >= 11 is 0. The highest BCUT2D eigenvalue weighted by Crippen LogP contribution is 2.36. The number of allylic oxidation sites excluding steroid dienone is 1. The third kappa shape index (κ3) is 11.3. The summed E-state index contributed by atoms with van der Waals surface area (Å²) in [6, 6.07) is 70.4. The molecule has 0 fully saturated rings. The molecule has 0 amide bonds. The van der Waals surface area contributed by atoms with E-state index >= 15 is 0 Å². The molecule has 0 aliphatic heterocycles. The molecule has 2 unspecified atom stereocenters. The number of rotatable bonds is 10.